The maximum absolute atomic E-state index is 11.0. The van der Waals surface area contributed by atoms with Gasteiger partial charge in [-0.3, -0.25) is 4.98 Å². The third kappa shape index (κ3) is 1.71. The third-order valence-corrected chi connectivity index (χ3v) is 2.81. The third-order valence-electron chi connectivity index (χ3n) is 2.10. The van der Waals surface area contributed by atoms with E-state index in [1.807, 2.05) is 0 Å². The molecule has 1 atom stereocenters. The van der Waals surface area contributed by atoms with Gasteiger partial charge >= 0.3 is 0 Å². The molecule has 0 aliphatic heterocycles. The van der Waals surface area contributed by atoms with Crippen molar-refractivity contribution in [3.8, 4) is 5.75 Å². The molecule has 15 heavy (non-hydrogen) atoms. The molecule has 1 heterocycles. The number of rotatable bonds is 2. The Morgan fingerprint density at radius 1 is 1.40 bits per heavy atom. The van der Waals surface area contributed by atoms with Crippen molar-refractivity contribution < 1.29 is 13.5 Å². The van der Waals surface area contributed by atoms with E-state index in [1.165, 1.54) is 0 Å². The molecule has 0 aliphatic rings. The molecule has 0 saturated carbocycles. The molecule has 0 saturated heterocycles. The molecule has 0 bridgehead atoms. The van der Waals surface area contributed by atoms with E-state index < -0.39 is 11.1 Å². The summed E-state index contributed by atoms with van der Waals surface area (Å²) in [5, 5.41) is 0.736. The van der Waals surface area contributed by atoms with Crippen LogP contribution < -0.4 is 4.74 Å². The highest BCUT2D eigenvalue weighted by Gasteiger charge is 2.10. The van der Waals surface area contributed by atoms with Gasteiger partial charge in [-0.1, -0.05) is 0 Å². The van der Waals surface area contributed by atoms with Crippen molar-refractivity contribution in [2.75, 3.05) is 7.11 Å². The first-order chi connectivity index (χ1) is 7.24. The number of ether oxygens (including phenoxy) is 1. The molecule has 0 radical (unpaired) electrons. The van der Waals surface area contributed by atoms with Crippen LogP contribution in [0.3, 0.4) is 0 Å². The minimum absolute atomic E-state index is 0.298. The van der Waals surface area contributed by atoms with E-state index in [9.17, 15) is 4.21 Å². The molecule has 4 nitrogen and oxygen atoms in total. The Hall–Kier alpha value is -1.46. The minimum Gasteiger partial charge on any atom is -0.496 e. The van der Waals surface area contributed by atoms with E-state index in [4.69, 9.17) is 9.29 Å². The van der Waals surface area contributed by atoms with Crippen molar-refractivity contribution in [3.63, 3.8) is 0 Å². The van der Waals surface area contributed by atoms with Gasteiger partial charge in [0.25, 0.3) is 0 Å². The van der Waals surface area contributed by atoms with Crippen LogP contribution in [0.15, 0.2) is 35.4 Å². The van der Waals surface area contributed by atoms with Crippen molar-refractivity contribution in [1.82, 2.24) is 4.98 Å². The first-order valence-corrected chi connectivity index (χ1v) is 5.37. The Balaban J connectivity index is 2.83. The summed E-state index contributed by atoms with van der Waals surface area (Å²) in [6.07, 6.45) is 1.58. The van der Waals surface area contributed by atoms with Gasteiger partial charge in [0.05, 0.1) is 17.5 Å². The van der Waals surface area contributed by atoms with Gasteiger partial charge in [-0.15, -0.1) is 0 Å². The number of pyridine rings is 1. The molecular formula is C10H9NO3S. The molecule has 1 unspecified atom stereocenters. The Bertz CT molecular complexity index is 527. The van der Waals surface area contributed by atoms with Gasteiger partial charge in [-0.05, 0) is 24.3 Å². The lowest BCUT2D eigenvalue weighted by Gasteiger charge is -2.06. The number of methoxy groups -OCH3 is 1. The average molecular weight is 223 g/mol. The summed E-state index contributed by atoms with van der Waals surface area (Å²) in [4.78, 5) is 4.38. The lowest BCUT2D eigenvalue weighted by Crippen LogP contribution is -1.94. The fourth-order valence-electron chi connectivity index (χ4n) is 1.44. The maximum atomic E-state index is 11.0. The van der Waals surface area contributed by atoms with Crippen LogP contribution in [0.4, 0.5) is 0 Å². The highest BCUT2D eigenvalue weighted by molar-refractivity contribution is 7.79. The summed E-state index contributed by atoms with van der Waals surface area (Å²) >= 11 is -2.03. The number of hydrogen-bond donors (Lipinski definition) is 1. The van der Waals surface area contributed by atoms with Crippen LogP contribution in [-0.2, 0) is 11.1 Å². The smallest absolute Gasteiger partial charge is 0.188 e. The standard InChI is InChI=1S/C10H9NO3S/c1-14-8-4-5-9(15(12)13)10-7(8)3-2-6-11-10/h2-6H,1H3,(H,12,13). The zero-order valence-corrected chi connectivity index (χ0v) is 8.82. The molecule has 0 fully saturated rings. The first-order valence-electron chi connectivity index (χ1n) is 4.26. The molecule has 1 aromatic heterocycles. The van der Waals surface area contributed by atoms with Crippen LogP contribution >= 0.6 is 0 Å². The predicted molar refractivity (Wildman–Crippen MR) is 57.3 cm³/mol. The van der Waals surface area contributed by atoms with Crippen molar-refractivity contribution in [1.29, 1.82) is 0 Å². The monoisotopic (exact) mass is 223 g/mol. The number of fused-ring (bicyclic) bond motifs is 1. The molecular weight excluding hydrogens is 214 g/mol. The average Bonchev–Trinajstić information content (AvgIpc) is 2.27. The molecule has 5 heteroatoms. The van der Waals surface area contributed by atoms with Crippen molar-refractivity contribution in [2.45, 2.75) is 4.90 Å². The molecule has 0 spiro atoms. The molecule has 2 aromatic rings. The maximum Gasteiger partial charge on any atom is 0.188 e. The summed E-state index contributed by atoms with van der Waals surface area (Å²) in [7, 11) is 1.55. The van der Waals surface area contributed by atoms with Gasteiger partial charge in [-0.25, -0.2) is 4.21 Å². The summed E-state index contributed by atoms with van der Waals surface area (Å²) in [5.41, 5.74) is 0.498. The van der Waals surface area contributed by atoms with E-state index in [0.29, 0.717) is 16.2 Å². The van der Waals surface area contributed by atoms with Crippen LogP contribution in [0.5, 0.6) is 5.75 Å². The second kappa shape index (κ2) is 3.96. The van der Waals surface area contributed by atoms with Crippen molar-refractivity contribution in [2.24, 2.45) is 0 Å². The van der Waals surface area contributed by atoms with Crippen molar-refractivity contribution >= 4 is 22.0 Å². The highest BCUT2D eigenvalue weighted by atomic mass is 32.2. The van der Waals surface area contributed by atoms with Crippen molar-refractivity contribution in [3.05, 3.63) is 30.5 Å². The topological polar surface area (TPSA) is 59.4 Å². The van der Waals surface area contributed by atoms with Gasteiger partial charge in [0.15, 0.2) is 11.1 Å². The molecule has 0 aliphatic carbocycles. The fraction of sp³-hybridized carbons (Fsp3) is 0.100. The van der Waals surface area contributed by atoms with Crippen LogP contribution in [0.2, 0.25) is 0 Å². The minimum atomic E-state index is -2.03. The van der Waals surface area contributed by atoms with Gasteiger partial charge in [0, 0.05) is 11.6 Å². The second-order valence-electron chi connectivity index (χ2n) is 2.91. The molecule has 0 amide bonds. The summed E-state index contributed by atoms with van der Waals surface area (Å²) < 4.78 is 25.3. The van der Waals surface area contributed by atoms with Crippen LogP contribution in [-0.4, -0.2) is 20.9 Å². The lowest BCUT2D eigenvalue weighted by atomic mass is 10.2. The lowest BCUT2D eigenvalue weighted by molar-refractivity contribution is 0.419. The number of benzene rings is 1. The zero-order valence-electron chi connectivity index (χ0n) is 8.01. The van der Waals surface area contributed by atoms with Gasteiger partial charge in [0.1, 0.15) is 5.75 Å². The van der Waals surface area contributed by atoms with Crippen LogP contribution in [0, 0.1) is 0 Å². The summed E-state index contributed by atoms with van der Waals surface area (Å²) in [5.74, 6) is 0.646. The first kappa shape index (κ1) is 10.1. The van der Waals surface area contributed by atoms with E-state index in [-0.39, 0.29) is 0 Å². The second-order valence-corrected chi connectivity index (χ2v) is 3.85. The molecule has 2 rings (SSSR count). The van der Waals surface area contributed by atoms with Gasteiger partial charge in [0.2, 0.25) is 0 Å². The van der Waals surface area contributed by atoms with E-state index in [0.717, 1.165) is 5.39 Å². The predicted octanol–water partition coefficient (Wildman–Crippen LogP) is 1.82. The Morgan fingerprint density at radius 3 is 2.87 bits per heavy atom. The molecule has 1 aromatic carbocycles. The Labute approximate surface area is 89.2 Å². The van der Waals surface area contributed by atoms with E-state index >= 15 is 0 Å². The van der Waals surface area contributed by atoms with Crippen LogP contribution in [0.25, 0.3) is 10.9 Å². The Morgan fingerprint density at radius 2 is 2.20 bits per heavy atom. The Kier molecular flexibility index (Phi) is 2.66. The molecule has 1 N–H and O–H groups in total. The summed E-state index contributed by atoms with van der Waals surface area (Å²) in [6, 6.07) is 6.77. The van der Waals surface area contributed by atoms with Crippen LogP contribution in [0.1, 0.15) is 0 Å². The zero-order chi connectivity index (χ0) is 10.8. The SMILES string of the molecule is COc1ccc(S(=O)O)c2ncccc12. The molecule has 78 valence electrons. The normalized spacial score (nSPS) is 12.7. The largest absolute Gasteiger partial charge is 0.496 e. The van der Waals surface area contributed by atoms with Gasteiger partial charge < -0.3 is 9.29 Å². The highest BCUT2D eigenvalue weighted by Crippen LogP contribution is 2.27. The van der Waals surface area contributed by atoms with Gasteiger partial charge in [-0.2, -0.15) is 0 Å². The fourth-order valence-corrected chi connectivity index (χ4v) is 1.95. The number of hydrogen-bond acceptors (Lipinski definition) is 3. The van der Waals surface area contributed by atoms with E-state index in [1.54, 1.807) is 37.6 Å². The quantitative estimate of drug-likeness (QED) is 0.789. The number of aromatic nitrogens is 1. The van der Waals surface area contributed by atoms with E-state index in [2.05, 4.69) is 4.98 Å². The number of nitrogens with zero attached hydrogens (tertiary/aromatic N) is 1. The summed E-state index contributed by atoms with van der Waals surface area (Å²) in [6.45, 7) is 0.